The summed E-state index contributed by atoms with van der Waals surface area (Å²) in [5, 5.41) is 11.6. The number of hydrogen-bond acceptors (Lipinski definition) is 3. The molecule has 0 spiro atoms. The van der Waals surface area contributed by atoms with Gasteiger partial charge in [0.2, 0.25) is 0 Å². The molecule has 0 atom stereocenters. The van der Waals surface area contributed by atoms with Crippen LogP contribution in [0.15, 0.2) is 23.4 Å². The normalized spacial score (nSPS) is 12.4. The molecule has 0 bridgehead atoms. The van der Waals surface area contributed by atoms with E-state index in [0.29, 0.717) is 12.5 Å². The molecule has 0 aromatic heterocycles. The molecular formula is C15H25N3O. The first kappa shape index (κ1) is 15.5. The first-order valence-corrected chi connectivity index (χ1v) is 6.70. The van der Waals surface area contributed by atoms with E-state index in [1.54, 1.807) is 0 Å². The van der Waals surface area contributed by atoms with Gasteiger partial charge in [-0.2, -0.15) is 0 Å². The fourth-order valence-corrected chi connectivity index (χ4v) is 1.96. The monoisotopic (exact) mass is 263 g/mol. The van der Waals surface area contributed by atoms with Crippen molar-refractivity contribution in [3.8, 4) is 0 Å². The first-order valence-electron chi connectivity index (χ1n) is 6.70. The Kier molecular flexibility index (Phi) is 5.83. The van der Waals surface area contributed by atoms with Crippen molar-refractivity contribution in [2.75, 3.05) is 6.54 Å². The summed E-state index contributed by atoms with van der Waals surface area (Å²) in [5.41, 5.74) is 9.47. The SMILES string of the molecule is Cc1ccc(CN(CCC(N)=NO)C(C)C)cc1C. The van der Waals surface area contributed by atoms with Crippen LogP contribution in [0.5, 0.6) is 0 Å². The van der Waals surface area contributed by atoms with Crippen LogP contribution in [0.2, 0.25) is 0 Å². The zero-order valence-corrected chi connectivity index (χ0v) is 12.3. The van der Waals surface area contributed by atoms with Gasteiger partial charge in [-0.15, -0.1) is 0 Å². The van der Waals surface area contributed by atoms with Crippen molar-refractivity contribution >= 4 is 5.84 Å². The Balaban J connectivity index is 2.70. The second-order valence-corrected chi connectivity index (χ2v) is 5.32. The minimum atomic E-state index is 0.283. The van der Waals surface area contributed by atoms with Crippen LogP contribution in [-0.2, 0) is 6.54 Å². The van der Waals surface area contributed by atoms with Crippen LogP contribution in [0.1, 0.15) is 37.0 Å². The number of nitrogens with two attached hydrogens (primary N) is 1. The van der Waals surface area contributed by atoms with Gasteiger partial charge in [0.1, 0.15) is 5.84 Å². The smallest absolute Gasteiger partial charge is 0.140 e. The average molecular weight is 263 g/mol. The summed E-state index contributed by atoms with van der Waals surface area (Å²) in [5.74, 6) is 0.283. The van der Waals surface area contributed by atoms with Crippen LogP contribution in [0.4, 0.5) is 0 Å². The van der Waals surface area contributed by atoms with Crippen LogP contribution in [0.25, 0.3) is 0 Å². The molecule has 0 aliphatic rings. The van der Waals surface area contributed by atoms with E-state index >= 15 is 0 Å². The third-order valence-corrected chi connectivity index (χ3v) is 3.47. The van der Waals surface area contributed by atoms with Gasteiger partial charge in [-0.3, -0.25) is 4.90 Å². The van der Waals surface area contributed by atoms with Crippen LogP contribution < -0.4 is 5.73 Å². The summed E-state index contributed by atoms with van der Waals surface area (Å²) >= 11 is 0. The molecule has 19 heavy (non-hydrogen) atoms. The fraction of sp³-hybridized carbons (Fsp3) is 0.533. The molecular weight excluding hydrogens is 238 g/mol. The lowest BCUT2D eigenvalue weighted by Crippen LogP contribution is -2.33. The number of aryl methyl sites for hydroxylation is 2. The van der Waals surface area contributed by atoms with E-state index in [1.807, 2.05) is 0 Å². The Morgan fingerprint density at radius 1 is 1.32 bits per heavy atom. The first-order chi connectivity index (χ1) is 8.93. The van der Waals surface area contributed by atoms with Gasteiger partial charge in [-0.05, 0) is 44.4 Å². The van der Waals surface area contributed by atoms with Crippen LogP contribution in [0.3, 0.4) is 0 Å². The lowest BCUT2D eigenvalue weighted by atomic mass is 10.1. The van der Waals surface area contributed by atoms with E-state index in [1.165, 1.54) is 16.7 Å². The number of hydrogen-bond donors (Lipinski definition) is 2. The Morgan fingerprint density at radius 2 is 2.00 bits per heavy atom. The van der Waals surface area contributed by atoms with Crippen molar-refractivity contribution < 1.29 is 5.21 Å². The number of nitrogens with zero attached hydrogens (tertiary/aromatic N) is 2. The molecule has 0 saturated heterocycles. The van der Waals surface area contributed by atoms with E-state index in [4.69, 9.17) is 10.9 Å². The van der Waals surface area contributed by atoms with Gasteiger partial charge in [0.25, 0.3) is 0 Å². The number of amidine groups is 1. The average Bonchev–Trinajstić information content (AvgIpc) is 2.37. The molecule has 0 fully saturated rings. The van der Waals surface area contributed by atoms with Gasteiger partial charge in [0, 0.05) is 25.6 Å². The van der Waals surface area contributed by atoms with Crippen molar-refractivity contribution in [1.82, 2.24) is 4.90 Å². The maximum Gasteiger partial charge on any atom is 0.140 e. The van der Waals surface area contributed by atoms with Gasteiger partial charge in [0.05, 0.1) is 0 Å². The lowest BCUT2D eigenvalue weighted by molar-refractivity contribution is 0.217. The fourth-order valence-electron chi connectivity index (χ4n) is 1.96. The summed E-state index contributed by atoms with van der Waals surface area (Å²) in [4.78, 5) is 2.32. The second-order valence-electron chi connectivity index (χ2n) is 5.32. The molecule has 3 N–H and O–H groups in total. The molecule has 106 valence electrons. The molecule has 0 saturated carbocycles. The van der Waals surface area contributed by atoms with Crippen molar-refractivity contribution in [3.05, 3.63) is 34.9 Å². The highest BCUT2D eigenvalue weighted by Crippen LogP contribution is 2.13. The lowest BCUT2D eigenvalue weighted by Gasteiger charge is -2.26. The molecule has 1 aromatic carbocycles. The Labute approximate surface area is 115 Å². The number of benzene rings is 1. The predicted octanol–water partition coefficient (Wildman–Crippen LogP) is 2.65. The summed E-state index contributed by atoms with van der Waals surface area (Å²) in [6.07, 6.45) is 0.583. The standard InChI is InChI=1S/C15H25N3O/c1-11(2)18(8-7-15(16)17-19)10-14-6-5-12(3)13(4)9-14/h5-6,9,11,19H,7-8,10H2,1-4H3,(H2,16,17). The summed E-state index contributed by atoms with van der Waals surface area (Å²) in [6.45, 7) is 10.3. The molecule has 0 aliphatic carbocycles. The zero-order chi connectivity index (χ0) is 14.4. The maximum atomic E-state index is 8.59. The van der Waals surface area contributed by atoms with E-state index in [0.717, 1.165) is 13.1 Å². The number of rotatable bonds is 6. The van der Waals surface area contributed by atoms with Crippen molar-refractivity contribution in [2.24, 2.45) is 10.9 Å². The third kappa shape index (κ3) is 4.91. The maximum absolute atomic E-state index is 8.59. The second kappa shape index (κ2) is 7.14. The van der Waals surface area contributed by atoms with E-state index < -0.39 is 0 Å². The predicted molar refractivity (Wildman–Crippen MR) is 79.5 cm³/mol. The van der Waals surface area contributed by atoms with Crippen molar-refractivity contribution in [3.63, 3.8) is 0 Å². The molecule has 0 radical (unpaired) electrons. The molecule has 0 heterocycles. The quantitative estimate of drug-likeness (QED) is 0.359. The van der Waals surface area contributed by atoms with Crippen LogP contribution in [0, 0.1) is 13.8 Å². The third-order valence-electron chi connectivity index (χ3n) is 3.47. The summed E-state index contributed by atoms with van der Waals surface area (Å²) in [7, 11) is 0. The van der Waals surface area contributed by atoms with Gasteiger partial charge in [-0.25, -0.2) is 0 Å². The van der Waals surface area contributed by atoms with Gasteiger partial charge < -0.3 is 10.9 Å². The zero-order valence-electron chi connectivity index (χ0n) is 12.3. The van der Waals surface area contributed by atoms with E-state index in [2.05, 4.69) is 55.9 Å². The Bertz CT molecular complexity index is 441. The molecule has 4 nitrogen and oxygen atoms in total. The largest absolute Gasteiger partial charge is 0.409 e. The molecule has 0 aliphatic heterocycles. The molecule has 4 heteroatoms. The van der Waals surface area contributed by atoms with E-state index in [9.17, 15) is 0 Å². The van der Waals surface area contributed by atoms with Crippen molar-refractivity contribution in [2.45, 2.75) is 46.7 Å². The van der Waals surface area contributed by atoms with Crippen molar-refractivity contribution in [1.29, 1.82) is 0 Å². The van der Waals surface area contributed by atoms with Gasteiger partial charge in [-0.1, -0.05) is 23.4 Å². The highest BCUT2D eigenvalue weighted by Gasteiger charge is 2.11. The molecule has 0 amide bonds. The van der Waals surface area contributed by atoms with Gasteiger partial charge >= 0.3 is 0 Å². The minimum absolute atomic E-state index is 0.283. The molecule has 1 aromatic rings. The highest BCUT2D eigenvalue weighted by molar-refractivity contribution is 5.79. The molecule has 1 rings (SSSR count). The van der Waals surface area contributed by atoms with Crippen LogP contribution in [-0.4, -0.2) is 28.5 Å². The van der Waals surface area contributed by atoms with Crippen LogP contribution >= 0.6 is 0 Å². The molecule has 0 unspecified atom stereocenters. The van der Waals surface area contributed by atoms with Gasteiger partial charge in [0.15, 0.2) is 0 Å². The summed E-state index contributed by atoms with van der Waals surface area (Å²) < 4.78 is 0. The number of oxime groups is 1. The Hall–Kier alpha value is -1.55. The highest BCUT2D eigenvalue weighted by atomic mass is 16.4. The Morgan fingerprint density at radius 3 is 2.53 bits per heavy atom. The summed E-state index contributed by atoms with van der Waals surface area (Å²) in [6, 6.07) is 6.98. The van der Waals surface area contributed by atoms with E-state index in [-0.39, 0.29) is 5.84 Å². The minimum Gasteiger partial charge on any atom is -0.409 e. The topological polar surface area (TPSA) is 61.8 Å².